The lowest BCUT2D eigenvalue weighted by Crippen LogP contribution is -2.53. The van der Waals surface area contributed by atoms with Crippen LogP contribution in [0.4, 0.5) is 4.79 Å². The Labute approximate surface area is 178 Å². The number of carbonyl (C=O) groups excluding carboxylic acids is 2. The lowest BCUT2D eigenvalue weighted by Gasteiger charge is -2.32. The molecule has 0 aliphatic rings. The van der Waals surface area contributed by atoms with E-state index in [0.717, 1.165) is 10.5 Å². The molecule has 156 valence electrons. The van der Waals surface area contributed by atoms with Crippen LogP contribution in [0, 0.1) is 0 Å². The fraction of sp³-hybridized carbons (Fsp3) is 0.500. The summed E-state index contributed by atoms with van der Waals surface area (Å²) in [6.07, 6.45) is -0.554. The van der Waals surface area contributed by atoms with Crippen molar-refractivity contribution in [1.29, 1.82) is 0 Å². The topological polar surface area (TPSA) is 93.1 Å². The SMILES string of the molecule is CCOC(=O)C(CCc1ccccc1)N(C(=O)OCC(Cl)(Cl)Cl)[C@@H](C)C(=O)O. The van der Waals surface area contributed by atoms with Gasteiger partial charge in [-0.3, -0.25) is 4.90 Å². The van der Waals surface area contributed by atoms with E-state index in [1.807, 2.05) is 30.3 Å². The number of ether oxygens (including phenoxy) is 2. The first-order chi connectivity index (χ1) is 13.1. The number of nitrogens with zero attached hydrogens (tertiary/aromatic N) is 1. The van der Waals surface area contributed by atoms with Gasteiger partial charge in [-0.25, -0.2) is 14.4 Å². The highest BCUT2D eigenvalue weighted by Crippen LogP contribution is 2.27. The van der Waals surface area contributed by atoms with Gasteiger partial charge in [-0.15, -0.1) is 0 Å². The number of amides is 1. The number of rotatable bonds is 9. The zero-order chi connectivity index (χ0) is 21.3. The maximum atomic E-state index is 12.6. The number of esters is 1. The van der Waals surface area contributed by atoms with Crippen molar-refractivity contribution in [1.82, 2.24) is 4.90 Å². The van der Waals surface area contributed by atoms with E-state index in [9.17, 15) is 19.5 Å². The number of alkyl halides is 3. The summed E-state index contributed by atoms with van der Waals surface area (Å²) in [6, 6.07) is 6.67. The van der Waals surface area contributed by atoms with E-state index in [-0.39, 0.29) is 13.0 Å². The van der Waals surface area contributed by atoms with Crippen LogP contribution in [0.1, 0.15) is 25.8 Å². The predicted molar refractivity (Wildman–Crippen MR) is 106 cm³/mol. The van der Waals surface area contributed by atoms with E-state index in [1.165, 1.54) is 6.92 Å². The maximum Gasteiger partial charge on any atom is 0.411 e. The first kappa shape index (κ1) is 24.3. The van der Waals surface area contributed by atoms with Crippen molar-refractivity contribution in [3.05, 3.63) is 35.9 Å². The fourth-order valence-electron chi connectivity index (χ4n) is 2.45. The van der Waals surface area contributed by atoms with E-state index in [4.69, 9.17) is 44.3 Å². The molecule has 0 heterocycles. The summed E-state index contributed by atoms with van der Waals surface area (Å²) in [5, 5.41) is 9.40. The third kappa shape index (κ3) is 8.12. The van der Waals surface area contributed by atoms with Crippen LogP contribution in [-0.4, -0.2) is 57.1 Å². The third-order valence-electron chi connectivity index (χ3n) is 3.79. The third-order valence-corrected chi connectivity index (χ3v) is 4.12. The second-order valence-electron chi connectivity index (χ2n) is 5.88. The van der Waals surface area contributed by atoms with Gasteiger partial charge in [0.25, 0.3) is 0 Å². The Bertz CT molecular complexity index is 665. The summed E-state index contributed by atoms with van der Waals surface area (Å²) in [6.45, 7) is 2.33. The van der Waals surface area contributed by atoms with Crippen molar-refractivity contribution in [2.24, 2.45) is 0 Å². The van der Waals surface area contributed by atoms with Crippen LogP contribution in [0.2, 0.25) is 0 Å². The number of hydrogen-bond acceptors (Lipinski definition) is 5. The standard InChI is InChI=1S/C18H22Cl3NO6/c1-3-27-16(25)14(10-9-13-7-5-4-6-8-13)22(12(2)15(23)24)17(26)28-11-18(19,20)21/h4-8,12,14H,3,9-11H2,1-2H3,(H,23,24)/t12-,14?/m0/s1. The molecule has 0 aliphatic heterocycles. The van der Waals surface area contributed by atoms with Crippen molar-refractivity contribution < 1.29 is 29.0 Å². The van der Waals surface area contributed by atoms with Gasteiger partial charge < -0.3 is 14.6 Å². The highest BCUT2D eigenvalue weighted by atomic mass is 35.6. The highest BCUT2D eigenvalue weighted by Gasteiger charge is 2.39. The molecule has 0 fully saturated rings. The number of benzene rings is 1. The molecular weight excluding hydrogens is 433 g/mol. The van der Waals surface area contributed by atoms with Crippen LogP contribution in [-0.2, 0) is 25.5 Å². The molecule has 0 aromatic heterocycles. The van der Waals surface area contributed by atoms with Gasteiger partial charge in [-0.05, 0) is 32.3 Å². The van der Waals surface area contributed by atoms with Crippen LogP contribution in [0.3, 0.4) is 0 Å². The molecule has 10 heteroatoms. The minimum atomic E-state index is -1.88. The molecular formula is C18H22Cl3NO6. The molecule has 2 atom stereocenters. The second-order valence-corrected chi connectivity index (χ2v) is 8.40. The number of aryl methyl sites for hydroxylation is 1. The van der Waals surface area contributed by atoms with Crippen LogP contribution >= 0.6 is 34.8 Å². The van der Waals surface area contributed by atoms with E-state index in [0.29, 0.717) is 6.42 Å². The lowest BCUT2D eigenvalue weighted by atomic mass is 10.0. The molecule has 1 N–H and O–H groups in total. The van der Waals surface area contributed by atoms with Gasteiger partial charge in [0.2, 0.25) is 3.79 Å². The number of carbonyl (C=O) groups is 3. The van der Waals surface area contributed by atoms with Gasteiger partial charge >= 0.3 is 18.0 Å². The summed E-state index contributed by atoms with van der Waals surface area (Å²) >= 11 is 16.8. The summed E-state index contributed by atoms with van der Waals surface area (Å²) in [5.41, 5.74) is 0.911. The molecule has 0 spiro atoms. The van der Waals surface area contributed by atoms with Gasteiger partial charge in [0, 0.05) is 0 Å². The number of halogens is 3. The minimum absolute atomic E-state index is 0.0686. The quantitative estimate of drug-likeness (QED) is 0.450. The maximum absolute atomic E-state index is 12.6. The Morgan fingerprint density at radius 2 is 1.75 bits per heavy atom. The number of aliphatic carboxylic acids is 1. The van der Waals surface area contributed by atoms with Gasteiger partial charge in [-0.1, -0.05) is 65.1 Å². The summed E-state index contributed by atoms with van der Waals surface area (Å²) in [7, 11) is 0. The van der Waals surface area contributed by atoms with Crippen molar-refractivity contribution in [3.8, 4) is 0 Å². The molecule has 0 bridgehead atoms. The highest BCUT2D eigenvalue weighted by molar-refractivity contribution is 6.67. The molecule has 0 aliphatic carbocycles. The summed E-state index contributed by atoms with van der Waals surface area (Å²) in [4.78, 5) is 37.4. The van der Waals surface area contributed by atoms with Gasteiger partial charge in [0.15, 0.2) is 0 Å². The number of carboxylic acid groups (broad SMARTS) is 1. The van der Waals surface area contributed by atoms with Gasteiger partial charge in [-0.2, -0.15) is 0 Å². The van der Waals surface area contributed by atoms with Crippen molar-refractivity contribution in [2.45, 2.75) is 42.6 Å². The number of carboxylic acids is 1. The minimum Gasteiger partial charge on any atom is -0.480 e. The summed E-state index contributed by atoms with van der Waals surface area (Å²) in [5.74, 6) is -2.06. The first-order valence-corrected chi connectivity index (χ1v) is 9.65. The molecule has 0 saturated carbocycles. The average Bonchev–Trinajstić information content (AvgIpc) is 2.63. The predicted octanol–water partition coefficient (Wildman–Crippen LogP) is 3.83. The van der Waals surface area contributed by atoms with Crippen molar-refractivity contribution in [3.63, 3.8) is 0 Å². The number of hydrogen-bond donors (Lipinski definition) is 1. The van der Waals surface area contributed by atoms with E-state index in [2.05, 4.69) is 0 Å². The van der Waals surface area contributed by atoms with Gasteiger partial charge in [0.05, 0.1) is 6.61 Å². The normalized spacial score (nSPS) is 13.3. The monoisotopic (exact) mass is 453 g/mol. The first-order valence-electron chi connectivity index (χ1n) is 8.52. The summed E-state index contributed by atoms with van der Waals surface area (Å²) < 4.78 is 8.08. The molecule has 1 unspecified atom stereocenters. The fourth-order valence-corrected chi connectivity index (χ4v) is 2.61. The van der Waals surface area contributed by atoms with Crippen LogP contribution in [0.25, 0.3) is 0 Å². The zero-order valence-corrected chi connectivity index (χ0v) is 17.7. The zero-order valence-electron chi connectivity index (χ0n) is 15.4. The van der Waals surface area contributed by atoms with Crippen LogP contribution in [0.15, 0.2) is 30.3 Å². The van der Waals surface area contributed by atoms with Gasteiger partial charge in [0.1, 0.15) is 18.7 Å². The molecule has 1 rings (SSSR count). The second kappa shape index (κ2) is 11.3. The van der Waals surface area contributed by atoms with Crippen LogP contribution in [0.5, 0.6) is 0 Å². The largest absolute Gasteiger partial charge is 0.480 e. The van der Waals surface area contributed by atoms with E-state index >= 15 is 0 Å². The van der Waals surface area contributed by atoms with Crippen molar-refractivity contribution >= 4 is 52.8 Å². The molecule has 1 amide bonds. The molecule has 1 aromatic rings. The Kier molecular flexibility index (Phi) is 9.85. The van der Waals surface area contributed by atoms with Crippen LogP contribution < -0.4 is 0 Å². The van der Waals surface area contributed by atoms with Crippen molar-refractivity contribution in [2.75, 3.05) is 13.2 Å². The molecule has 28 heavy (non-hydrogen) atoms. The Balaban J connectivity index is 3.11. The Hall–Kier alpha value is -1.70. The molecule has 7 nitrogen and oxygen atoms in total. The molecule has 0 radical (unpaired) electrons. The Morgan fingerprint density at radius 1 is 1.14 bits per heavy atom. The van der Waals surface area contributed by atoms with E-state index in [1.54, 1.807) is 6.92 Å². The molecule has 1 aromatic carbocycles. The van der Waals surface area contributed by atoms with E-state index < -0.39 is 40.5 Å². The smallest absolute Gasteiger partial charge is 0.411 e. The lowest BCUT2D eigenvalue weighted by molar-refractivity contribution is -0.153. The molecule has 0 saturated heterocycles. The average molecular weight is 455 g/mol. The Morgan fingerprint density at radius 3 is 2.25 bits per heavy atom.